The molecule has 0 aromatic heterocycles. The zero-order valence-electron chi connectivity index (χ0n) is 9.20. The van der Waals surface area contributed by atoms with E-state index >= 15 is 0 Å². The molecule has 5 heteroatoms. The number of amides is 2. The van der Waals surface area contributed by atoms with Gasteiger partial charge >= 0.3 is 0 Å². The van der Waals surface area contributed by atoms with Crippen LogP contribution in [0, 0.1) is 23.7 Å². The Morgan fingerprint density at radius 2 is 2.13 bits per heavy atom. The molecule has 83 valence electrons. The lowest BCUT2D eigenvalue weighted by Gasteiger charge is -2.17. The van der Waals surface area contributed by atoms with Crippen molar-refractivity contribution in [2.45, 2.75) is 32.7 Å². The lowest BCUT2D eigenvalue weighted by atomic mass is 10.0. The predicted molar refractivity (Wildman–Crippen MR) is 55.1 cm³/mol. The number of carbonyl (C=O) groups is 2. The maximum absolute atomic E-state index is 11.3. The lowest BCUT2D eigenvalue weighted by Crippen LogP contribution is -2.42. The standard InChI is InChI=1S/C10H16N3O2/c1-7(9(12)15)4-5-8(14)13-10(2,3)6-11/h5,7H,4H2,1-3H3,(H2,12,15)(H,13,14). The number of nitrogens with one attached hydrogen (secondary N) is 1. The Balaban J connectivity index is 3.97. The fourth-order valence-corrected chi connectivity index (χ4v) is 0.787. The number of nitriles is 1. The second-order valence-electron chi connectivity index (χ2n) is 3.97. The SMILES string of the molecule is CC(C[CH]C(=O)NC(C)(C)C#N)C(N)=O. The minimum absolute atomic E-state index is 0.280. The van der Waals surface area contributed by atoms with Crippen LogP contribution in [0.2, 0.25) is 0 Å². The number of nitrogens with two attached hydrogens (primary N) is 1. The Bertz CT molecular complexity index is 292. The van der Waals surface area contributed by atoms with Crippen LogP contribution in [0.1, 0.15) is 27.2 Å². The monoisotopic (exact) mass is 210 g/mol. The summed E-state index contributed by atoms with van der Waals surface area (Å²) in [5.41, 5.74) is 4.13. The van der Waals surface area contributed by atoms with E-state index in [-0.39, 0.29) is 18.2 Å². The highest BCUT2D eigenvalue weighted by Gasteiger charge is 2.20. The molecule has 0 spiro atoms. The summed E-state index contributed by atoms with van der Waals surface area (Å²) in [6.45, 7) is 4.83. The molecule has 0 bridgehead atoms. The Morgan fingerprint density at radius 3 is 2.53 bits per heavy atom. The van der Waals surface area contributed by atoms with E-state index in [1.165, 1.54) is 6.42 Å². The zero-order chi connectivity index (χ0) is 12.1. The van der Waals surface area contributed by atoms with Crippen molar-refractivity contribution >= 4 is 11.8 Å². The van der Waals surface area contributed by atoms with Gasteiger partial charge in [0.1, 0.15) is 5.54 Å². The first kappa shape index (κ1) is 13.4. The molecule has 1 unspecified atom stereocenters. The molecule has 0 aliphatic heterocycles. The second-order valence-corrected chi connectivity index (χ2v) is 3.97. The molecule has 0 saturated heterocycles. The first-order valence-corrected chi connectivity index (χ1v) is 4.64. The summed E-state index contributed by atoms with van der Waals surface area (Å²) in [5, 5.41) is 11.1. The minimum atomic E-state index is -0.899. The molecule has 0 aromatic carbocycles. The first-order chi connectivity index (χ1) is 6.78. The molecular weight excluding hydrogens is 194 g/mol. The van der Waals surface area contributed by atoms with E-state index in [9.17, 15) is 9.59 Å². The smallest absolute Gasteiger partial charge is 0.225 e. The van der Waals surface area contributed by atoms with Crippen LogP contribution in [0.5, 0.6) is 0 Å². The van der Waals surface area contributed by atoms with Gasteiger partial charge in [0.05, 0.1) is 12.5 Å². The van der Waals surface area contributed by atoms with Gasteiger partial charge in [0.15, 0.2) is 0 Å². The number of carbonyl (C=O) groups excluding carboxylic acids is 2. The molecule has 1 radical (unpaired) electrons. The maximum Gasteiger partial charge on any atom is 0.225 e. The lowest BCUT2D eigenvalue weighted by molar-refractivity contribution is -0.121. The Kier molecular flexibility index (Phi) is 4.79. The van der Waals surface area contributed by atoms with Crippen LogP contribution in [0.4, 0.5) is 0 Å². The molecule has 0 rings (SSSR count). The van der Waals surface area contributed by atoms with E-state index in [1.54, 1.807) is 20.8 Å². The Hall–Kier alpha value is -1.57. The Morgan fingerprint density at radius 1 is 1.60 bits per heavy atom. The second kappa shape index (κ2) is 5.35. The van der Waals surface area contributed by atoms with E-state index in [2.05, 4.69) is 5.32 Å². The third-order valence-corrected chi connectivity index (χ3v) is 1.86. The van der Waals surface area contributed by atoms with Crippen LogP contribution in [0.25, 0.3) is 0 Å². The summed E-state index contributed by atoms with van der Waals surface area (Å²) in [6, 6.07) is 1.94. The number of hydrogen-bond donors (Lipinski definition) is 2. The number of hydrogen-bond acceptors (Lipinski definition) is 3. The molecular formula is C10H16N3O2. The van der Waals surface area contributed by atoms with Gasteiger partial charge in [-0.3, -0.25) is 9.59 Å². The van der Waals surface area contributed by atoms with Crippen molar-refractivity contribution in [1.82, 2.24) is 5.32 Å². The molecule has 0 aliphatic carbocycles. The highest BCUT2D eigenvalue weighted by molar-refractivity contribution is 5.86. The summed E-state index contributed by atoms with van der Waals surface area (Å²) in [5.74, 6) is -1.19. The van der Waals surface area contributed by atoms with Gasteiger partial charge in [-0.2, -0.15) is 5.26 Å². The van der Waals surface area contributed by atoms with Crippen molar-refractivity contribution in [3.8, 4) is 6.07 Å². The summed E-state index contributed by atoms with van der Waals surface area (Å²) >= 11 is 0. The van der Waals surface area contributed by atoms with Gasteiger partial charge in [0.2, 0.25) is 11.8 Å². The normalized spacial score (nSPS) is 12.7. The van der Waals surface area contributed by atoms with Gasteiger partial charge in [0, 0.05) is 5.92 Å². The van der Waals surface area contributed by atoms with Gasteiger partial charge in [-0.1, -0.05) is 6.92 Å². The average molecular weight is 210 g/mol. The number of rotatable bonds is 5. The summed E-state index contributed by atoms with van der Waals surface area (Å²) in [4.78, 5) is 21.9. The topological polar surface area (TPSA) is 96.0 Å². The molecule has 1 atom stereocenters. The molecule has 0 aromatic rings. The first-order valence-electron chi connectivity index (χ1n) is 4.64. The van der Waals surface area contributed by atoms with Gasteiger partial charge < -0.3 is 11.1 Å². The summed E-state index contributed by atoms with van der Waals surface area (Å²) in [7, 11) is 0. The third kappa shape index (κ3) is 5.68. The molecule has 0 saturated carbocycles. The fraction of sp³-hybridized carbons (Fsp3) is 0.600. The van der Waals surface area contributed by atoms with E-state index < -0.39 is 11.4 Å². The molecule has 0 heterocycles. The van der Waals surface area contributed by atoms with Crippen molar-refractivity contribution in [2.24, 2.45) is 11.7 Å². The molecule has 15 heavy (non-hydrogen) atoms. The van der Waals surface area contributed by atoms with Gasteiger partial charge in [-0.15, -0.1) is 0 Å². The van der Waals surface area contributed by atoms with Crippen molar-refractivity contribution in [3.63, 3.8) is 0 Å². The van der Waals surface area contributed by atoms with Crippen molar-refractivity contribution in [1.29, 1.82) is 5.26 Å². The summed E-state index contributed by atoms with van der Waals surface area (Å²) < 4.78 is 0. The van der Waals surface area contributed by atoms with Crippen molar-refractivity contribution in [3.05, 3.63) is 6.42 Å². The zero-order valence-corrected chi connectivity index (χ0v) is 9.20. The largest absolute Gasteiger partial charge is 0.369 e. The minimum Gasteiger partial charge on any atom is -0.369 e. The van der Waals surface area contributed by atoms with E-state index in [4.69, 9.17) is 11.0 Å². The third-order valence-electron chi connectivity index (χ3n) is 1.86. The van der Waals surface area contributed by atoms with Crippen LogP contribution in [-0.2, 0) is 9.59 Å². The quantitative estimate of drug-likeness (QED) is 0.674. The van der Waals surface area contributed by atoms with Crippen LogP contribution < -0.4 is 11.1 Å². The van der Waals surface area contributed by atoms with Crippen LogP contribution in [-0.4, -0.2) is 17.4 Å². The summed E-state index contributed by atoms with van der Waals surface area (Å²) in [6.07, 6.45) is 1.61. The molecule has 2 amide bonds. The van der Waals surface area contributed by atoms with Crippen molar-refractivity contribution < 1.29 is 9.59 Å². The van der Waals surface area contributed by atoms with Crippen molar-refractivity contribution in [2.75, 3.05) is 0 Å². The van der Waals surface area contributed by atoms with Crippen LogP contribution >= 0.6 is 0 Å². The fourth-order valence-electron chi connectivity index (χ4n) is 0.787. The van der Waals surface area contributed by atoms with E-state index in [0.29, 0.717) is 0 Å². The molecule has 5 nitrogen and oxygen atoms in total. The van der Waals surface area contributed by atoms with Gasteiger partial charge in [-0.25, -0.2) is 0 Å². The Labute approximate surface area is 89.6 Å². The molecule has 0 aliphatic rings. The highest BCUT2D eigenvalue weighted by atomic mass is 16.2. The number of nitrogens with zero attached hydrogens (tertiary/aromatic N) is 1. The predicted octanol–water partition coefficient (Wildman–Crippen LogP) is 0.121. The molecule has 3 N–H and O–H groups in total. The van der Waals surface area contributed by atoms with Gasteiger partial charge in [-0.05, 0) is 20.3 Å². The molecule has 0 fully saturated rings. The van der Waals surface area contributed by atoms with Crippen LogP contribution in [0.15, 0.2) is 0 Å². The van der Waals surface area contributed by atoms with Crippen LogP contribution in [0.3, 0.4) is 0 Å². The maximum atomic E-state index is 11.3. The average Bonchev–Trinajstić information content (AvgIpc) is 2.13. The van der Waals surface area contributed by atoms with E-state index in [1.807, 2.05) is 6.07 Å². The van der Waals surface area contributed by atoms with Gasteiger partial charge in [0.25, 0.3) is 0 Å². The number of primary amides is 1. The van der Waals surface area contributed by atoms with E-state index in [0.717, 1.165) is 0 Å². The highest BCUT2D eigenvalue weighted by Crippen LogP contribution is 2.05.